The topological polar surface area (TPSA) is 168 Å². The fraction of sp³-hybridized carbons (Fsp3) is 0.619. The predicted molar refractivity (Wildman–Crippen MR) is 201 cm³/mol. The zero-order chi connectivity index (χ0) is 39.0. The number of pyridine rings is 1. The summed E-state index contributed by atoms with van der Waals surface area (Å²) in [5, 5.41) is 34.0. The van der Waals surface area contributed by atoms with E-state index in [-0.39, 0.29) is 51.7 Å². The van der Waals surface area contributed by atoms with Crippen molar-refractivity contribution >= 4 is 34.1 Å². The number of Topliss-reactive ketones (excluding diaryl/α,β-unsaturated/α-hetero) is 1. The Balaban J connectivity index is 0.000000160. The molecule has 7 aliphatic rings. The molecule has 296 valence electrons. The molecule has 1 aromatic carbocycles. The van der Waals surface area contributed by atoms with Crippen molar-refractivity contribution in [2.45, 2.75) is 102 Å². The summed E-state index contributed by atoms with van der Waals surface area (Å²) in [6, 6.07) is 3.08. The van der Waals surface area contributed by atoms with Crippen LogP contribution >= 0.6 is 0 Å². The molecule has 4 N–H and O–H groups in total. The number of carbonyl (C=O) groups excluding carboxylic acids is 2. The van der Waals surface area contributed by atoms with Crippen LogP contribution in [0.2, 0.25) is 0 Å². The van der Waals surface area contributed by atoms with Crippen LogP contribution in [-0.4, -0.2) is 94.3 Å². The van der Waals surface area contributed by atoms with Gasteiger partial charge in [-0.25, -0.2) is 9.18 Å². The van der Waals surface area contributed by atoms with Gasteiger partial charge in [0.2, 0.25) is 5.43 Å². The van der Waals surface area contributed by atoms with E-state index in [0.717, 1.165) is 50.8 Å². The van der Waals surface area contributed by atoms with Crippen molar-refractivity contribution in [1.82, 2.24) is 9.88 Å². The highest BCUT2D eigenvalue weighted by Gasteiger charge is 2.75. The normalized spacial score (nSPS) is 36.3. The van der Waals surface area contributed by atoms with E-state index in [1.165, 1.54) is 12.3 Å². The SMILES string of the molecule is CCCC1O[C@@H]2C[C@H]3[C@@H]4CCC5=CC(=O)C=C[C@]5(C)[C@H]4[C@@H](O)C[C@]3(C)[C@]2(C(=O)CO)O1.O=C(O)c1cn(C2CC2)c2cc(N3CCNCC3)c(F)cc2c1=O. The van der Waals surface area contributed by atoms with E-state index in [9.17, 15) is 38.9 Å². The number of nitrogens with zero attached hydrogens (tertiary/aromatic N) is 2. The largest absolute Gasteiger partial charge is 0.477 e. The van der Waals surface area contributed by atoms with E-state index in [1.54, 1.807) is 18.2 Å². The van der Waals surface area contributed by atoms with Crippen LogP contribution in [-0.2, 0) is 19.1 Å². The maximum atomic E-state index is 14.6. The molecule has 5 aliphatic carbocycles. The van der Waals surface area contributed by atoms with Crippen LogP contribution in [0.25, 0.3) is 10.9 Å². The molecule has 9 rings (SSSR count). The van der Waals surface area contributed by atoms with Crippen LogP contribution in [0.4, 0.5) is 10.1 Å². The van der Waals surface area contributed by atoms with Gasteiger partial charge in [-0.3, -0.25) is 14.4 Å². The van der Waals surface area contributed by atoms with Gasteiger partial charge in [-0.05, 0) is 81.1 Å². The van der Waals surface area contributed by atoms with Crippen molar-refractivity contribution < 1.29 is 43.6 Å². The fourth-order valence-corrected chi connectivity index (χ4v) is 11.4. The number of hydrogen-bond donors (Lipinski definition) is 4. The highest BCUT2D eigenvalue weighted by atomic mass is 19.1. The van der Waals surface area contributed by atoms with E-state index in [1.807, 2.05) is 15.5 Å². The summed E-state index contributed by atoms with van der Waals surface area (Å²) >= 11 is 0. The minimum absolute atomic E-state index is 0.0125. The molecule has 0 spiro atoms. The Bertz CT molecular complexity index is 2040. The van der Waals surface area contributed by atoms with Gasteiger partial charge in [-0.2, -0.15) is 0 Å². The lowest BCUT2D eigenvalue weighted by Crippen LogP contribution is -2.63. The third-order valence-corrected chi connectivity index (χ3v) is 14.1. The van der Waals surface area contributed by atoms with Gasteiger partial charge in [0.25, 0.3) is 0 Å². The summed E-state index contributed by atoms with van der Waals surface area (Å²) in [5.41, 5.74) is -0.888. The van der Waals surface area contributed by atoms with E-state index in [2.05, 4.69) is 26.1 Å². The summed E-state index contributed by atoms with van der Waals surface area (Å²) in [6.07, 6.45) is 11.6. The fourth-order valence-electron chi connectivity index (χ4n) is 11.4. The predicted octanol–water partition coefficient (Wildman–Crippen LogP) is 4.30. The molecule has 2 aliphatic heterocycles. The van der Waals surface area contributed by atoms with Crippen LogP contribution < -0.4 is 15.6 Å². The number of allylic oxidation sites excluding steroid dienone is 4. The molecule has 2 aromatic rings. The van der Waals surface area contributed by atoms with Crippen LogP contribution in [0.1, 0.15) is 88.5 Å². The van der Waals surface area contributed by atoms with Crippen molar-refractivity contribution in [1.29, 1.82) is 0 Å². The lowest BCUT2D eigenvalue weighted by atomic mass is 9.46. The van der Waals surface area contributed by atoms with Crippen molar-refractivity contribution in [2.75, 3.05) is 37.7 Å². The van der Waals surface area contributed by atoms with Gasteiger partial charge in [0.15, 0.2) is 23.5 Å². The smallest absolute Gasteiger partial charge is 0.341 e. The first-order valence-corrected chi connectivity index (χ1v) is 19.9. The lowest BCUT2D eigenvalue weighted by Gasteiger charge is -2.59. The molecule has 2 saturated heterocycles. The van der Waals surface area contributed by atoms with E-state index < -0.39 is 53.3 Å². The number of ketones is 2. The standard InChI is InChI=1S/C25H34O6.C17H18FN3O3/c1-4-5-21-30-20-11-17-16-7-6-14-10-15(27)8-9-23(14,2)22(16)18(28)12-24(17,3)25(20,31-21)19(29)13-26;18-13-7-11-14(8-15(13)20-5-3-19-4-6-20)21(10-1-2-10)9-12(16(11)22)17(23)24/h8-10,16-18,20-22,26,28H,4-7,11-13H2,1-3H3;7-10,19H,1-6H2,(H,23,24)/t16-,17-,18-,20+,21?,22+,23-,24-,25+;/m0./s1. The first-order chi connectivity index (χ1) is 26.3. The number of anilines is 1. The Hall–Kier alpha value is -3.75. The first-order valence-electron chi connectivity index (χ1n) is 19.9. The zero-order valence-corrected chi connectivity index (χ0v) is 31.8. The molecule has 1 unspecified atom stereocenters. The Morgan fingerprint density at radius 2 is 1.85 bits per heavy atom. The summed E-state index contributed by atoms with van der Waals surface area (Å²) in [7, 11) is 0. The number of aromatic nitrogens is 1. The maximum absolute atomic E-state index is 14.6. The maximum Gasteiger partial charge on any atom is 0.341 e. The van der Waals surface area contributed by atoms with E-state index in [0.29, 0.717) is 43.6 Å². The highest BCUT2D eigenvalue weighted by molar-refractivity contribution is 6.01. The second-order valence-electron chi connectivity index (χ2n) is 17.1. The van der Waals surface area contributed by atoms with Gasteiger partial charge in [-0.15, -0.1) is 0 Å². The molecule has 0 radical (unpaired) electrons. The molecule has 55 heavy (non-hydrogen) atoms. The third-order valence-electron chi connectivity index (χ3n) is 14.1. The highest BCUT2D eigenvalue weighted by Crippen LogP contribution is 2.69. The molecule has 6 fully saturated rings. The second-order valence-corrected chi connectivity index (χ2v) is 17.1. The monoisotopic (exact) mass is 761 g/mol. The summed E-state index contributed by atoms with van der Waals surface area (Å²) in [6.45, 7) is 8.63. The van der Waals surface area contributed by atoms with Crippen molar-refractivity contribution in [3.05, 3.63) is 63.7 Å². The van der Waals surface area contributed by atoms with Gasteiger partial charge < -0.3 is 39.6 Å². The number of carboxylic acid groups (broad SMARTS) is 1. The molecule has 3 heterocycles. The second kappa shape index (κ2) is 14.0. The molecule has 4 saturated carbocycles. The Morgan fingerprint density at radius 1 is 1.11 bits per heavy atom. The molecular formula is C42H52FN3O9. The number of aliphatic hydroxyl groups excluding tert-OH is 2. The molecule has 9 atom stereocenters. The molecule has 0 bridgehead atoms. The molecule has 12 nitrogen and oxygen atoms in total. The number of aliphatic hydroxyl groups is 2. The van der Waals surface area contributed by atoms with E-state index in [4.69, 9.17) is 9.47 Å². The Labute approximate surface area is 319 Å². The van der Waals surface area contributed by atoms with Crippen LogP contribution in [0.3, 0.4) is 0 Å². The van der Waals surface area contributed by atoms with Gasteiger partial charge in [0.1, 0.15) is 18.0 Å². The number of carbonyl (C=O) groups is 3. The molecular weight excluding hydrogens is 709 g/mol. The summed E-state index contributed by atoms with van der Waals surface area (Å²) in [5.74, 6) is -1.73. The van der Waals surface area contributed by atoms with Crippen molar-refractivity contribution in [3.63, 3.8) is 0 Å². The van der Waals surface area contributed by atoms with Crippen LogP contribution in [0.15, 0.2) is 46.9 Å². The number of hydrogen-bond acceptors (Lipinski definition) is 10. The lowest BCUT2D eigenvalue weighted by molar-refractivity contribution is -0.200. The average Bonchev–Trinajstić information content (AvgIpc) is 3.89. The number of carboxylic acids is 1. The molecule has 1 aromatic heterocycles. The Morgan fingerprint density at radius 3 is 2.53 bits per heavy atom. The minimum atomic E-state index is -1.28. The zero-order valence-electron chi connectivity index (χ0n) is 31.8. The summed E-state index contributed by atoms with van der Waals surface area (Å²) < 4.78 is 29.1. The van der Waals surface area contributed by atoms with Crippen LogP contribution in [0.5, 0.6) is 0 Å². The van der Waals surface area contributed by atoms with E-state index >= 15 is 0 Å². The average molecular weight is 762 g/mol. The number of aromatic carboxylic acids is 1. The number of rotatable bonds is 7. The Kier molecular flexibility index (Phi) is 9.72. The number of benzene rings is 1. The first kappa shape index (κ1) is 38.1. The van der Waals surface area contributed by atoms with Gasteiger partial charge >= 0.3 is 5.97 Å². The van der Waals surface area contributed by atoms with Gasteiger partial charge in [0, 0.05) is 60.6 Å². The van der Waals surface area contributed by atoms with Crippen molar-refractivity contribution in [3.8, 4) is 0 Å². The summed E-state index contributed by atoms with van der Waals surface area (Å²) in [4.78, 5) is 50.9. The van der Waals surface area contributed by atoms with Gasteiger partial charge in [0.05, 0.1) is 23.4 Å². The minimum Gasteiger partial charge on any atom is -0.477 e. The van der Waals surface area contributed by atoms with Gasteiger partial charge in [-0.1, -0.05) is 38.8 Å². The van der Waals surface area contributed by atoms with Crippen molar-refractivity contribution in [2.24, 2.45) is 28.6 Å². The number of ether oxygens (including phenoxy) is 2. The third kappa shape index (κ3) is 5.95. The number of nitrogens with one attached hydrogen (secondary N) is 1. The number of fused-ring (bicyclic) bond motifs is 8. The van der Waals surface area contributed by atoms with Crippen LogP contribution in [0, 0.1) is 34.4 Å². The number of halogens is 1. The molecule has 13 heteroatoms. The quantitative estimate of drug-likeness (QED) is 0.318. The molecule has 0 amide bonds. The number of piperazine rings is 1.